The zero-order valence-corrected chi connectivity index (χ0v) is 12.1. The highest BCUT2D eigenvalue weighted by atomic mass is 16.1. The molecule has 18 heavy (non-hydrogen) atoms. The van der Waals surface area contributed by atoms with E-state index in [0.717, 1.165) is 11.0 Å². The third kappa shape index (κ3) is 1.88. The first-order valence-electron chi connectivity index (χ1n) is 6.45. The smallest absolute Gasteiger partial charge is 0.295 e. The summed E-state index contributed by atoms with van der Waals surface area (Å²) in [5, 5.41) is 0. The van der Waals surface area contributed by atoms with Crippen LogP contribution in [0.4, 0.5) is 0 Å². The number of benzene rings is 1. The number of imidazole rings is 1. The Labute approximate surface area is 108 Å². The normalized spacial score (nSPS) is 12.6. The maximum Gasteiger partial charge on any atom is 0.329 e. The first-order chi connectivity index (χ1) is 8.23. The van der Waals surface area contributed by atoms with Crippen molar-refractivity contribution in [1.82, 2.24) is 9.13 Å². The van der Waals surface area contributed by atoms with E-state index in [2.05, 4.69) is 39.0 Å². The predicted molar refractivity (Wildman–Crippen MR) is 76.3 cm³/mol. The van der Waals surface area contributed by atoms with E-state index in [1.54, 1.807) is 4.57 Å². The summed E-state index contributed by atoms with van der Waals surface area (Å²) >= 11 is 0. The van der Waals surface area contributed by atoms with Gasteiger partial charge in [-0.25, -0.2) is 4.79 Å². The fourth-order valence-corrected chi connectivity index (χ4v) is 2.33. The molecular formula is C15H22N2O. The minimum Gasteiger partial charge on any atom is -0.295 e. The van der Waals surface area contributed by atoms with Crippen molar-refractivity contribution in [3.05, 3.63) is 34.2 Å². The van der Waals surface area contributed by atoms with E-state index >= 15 is 0 Å². The van der Waals surface area contributed by atoms with Crippen LogP contribution < -0.4 is 5.69 Å². The van der Waals surface area contributed by atoms with Crippen molar-refractivity contribution in [2.24, 2.45) is 7.05 Å². The third-order valence-electron chi connectivity index (χ3n) is 3.47. The zero-order chi connectivity index (χ0) is 13.7. The Morgan fingerprint density at radius 2 is 1.72 bits per heavy atom. The Hall–Kier alpha value is -1.51. The van der Waals surface area contributed by atoms with Crippen molar-refractivity contribution < 1.29 is 0 Å². The van der Waals surface area contributed by atoms with E-state index < -0.39 is 0 Å². The Morgan fingerprint density at radius 3 is 2.22 bits per heavy atom. The molecule has 0 fully saturated rings. The van der Waals surface area contributed by atoms with Crippen molar-refractivity contribution in [3.63, 3.8) is 0 Å². The molecule has 0 radical (unpaired) electrons. The van der Waals surface area contributed by atoms with Crippen molar-refractivity contribution in [3.8, 4) is 0 Å². The van der Waals surface area contributed by atoms with E-state index in [9.17, 15) is 4.79 Å². The van der Waals surface area contributed by atoms with Crippen molar-refractivity contribution in [1.29, 1.82) is 0 Å². The van der Waals surface area contributed by atoms with E-state index in [-0.39, 0.29) is 17.1 Å². The molecule has 0 amide bonds. The average molecular weight is 246 g/mol. The Kier molecular flexibility index (Phi) is 2.88. The largest absolute Gasteiger partial charge is 0.329 e. The molecular weight excluding hydrogens is 224 g/mol. The number of nitrogens with zero attached hydrogens (tertiary/aromatic N) is 2. The second-order valence-corrected chi connectivity index (χ2v) is 6.26. The van der Waals surface area contributed by atoms with Crippen molar-refractivity contribution >= 4 is 11.0 Å². The molecule has 0 N–H and O–H groups in total. The van der Waals surface area contributed by atoms with Gasteiger partial charge in [0.05, 0.1) is 11.0 Å². The van der Waals surface area contributed by atoms with Crippen molar-refractivity contribution in [2.75, 3.05) is 0 Å². The number of fused-ring (bicyclic) bond motifs is 1. The quantitative estimate of drug-likeness (QED) is 0.759. The summed E-state index contributed by atoms with van der Waals surface area (Å²) in [5.74, 6) is 0. The van der Waals surface area contributed by atoms with Gasteiger partial charge in [-0.1, -0.05) is 26.8 Å². The molecule has 2 aromatic rings. The maximum absolute atomic E-state index is 12.2. The maximum atomic E-state index is 12.2. The van der Waals surface area contributed by atoms with E-state index in [0.29, 0.717) is 0 Å². The highest BCUT2D eigenvalue weighted by molar-refractivity contribution is 5.77. The van der Waals surface area contributed by atoms with Crippen molar-refractivity contribution in [2.45, 2.75) is 46.1 Å². The highest BCUT2D eigenvalue weighted by Crippen LogP contribution is 2.26. The molecule has 0 unspecified atom stereocenters. The van der Waals surface area contributed by atoms with Crippen LogP contribution in [0.25, 0.3) is 11.0 Å². The SMILES string of the molecule is CC(C)n1c(=O)n(C)c2ccc(C(C)(C)C)cc21. The van der Waals surface area contributed by atoms with Gasteiger partial charge >= 0.3 is 5.69 Å². The van der Waals surface area contributed by atoms with Crippen LogP contribution in [0.3, 0.4) is 0 Å². The van der Waals surface area contributed by atoms with Crippen LogP contribution >= 0.6 is 0 Å². The van der Waals surface area contributed by atoms with Gasteiger partial charge in [0.2, 0.25) is 0 Å². The standard InChI is InChI=1S/C15H22N2O/c1-10(2)17-13-9-11(15(3,4)5)7-8-12(13)16(6)14(17)18/h7-10H,1-6H3. The number of aromatic nitrogens is 2. The number of hydrogen-bond acceptors (Lipinski definition) is 1. The molecule has 3 heteroatoms. The molecule has 0 aliphatic heterocycles. The third-order valence-corrected chi connectivity index (χ3v) is 3.47. The summed E-state index contributed by atoms with van der Waals surface area (Å²) in [6, 6.07) is 6.50. The Balaban J connectivity index is 2.84. The minimum atomic E-state index is 0.0612. The molecule has 0 spiro atoms. The summed E-state index contributed by atoms with van der Waals surface area (Å²) in [6.07, 6.45) is 0. The van der Waals surface area contributed by atoms with E-state index in [1.165, 1.54) is 5.56 Å². The molecule has 0 atom stereocenters. The molecule has 1 aromatic carbocycles. The molecule has 1 aromatic heterocycles. The van der Waals surface area contributed by atoms with Gasteiger partial charge in [-0.05, 0) is 37.0 Å². The first kappa shape index (κ1) is 12.9. The van der Waals surface area contributed by atoms with Crippen LogP contribution in [0.1, 0.15) is 46.2 Å². The molecule has 2 rings (SSSR count). The lowest BCUT2D eigenvalue weighted by Gasteiger charge is -2.19. The minimum absolute atomic E-state index is 0.0612. The summed E-state index contributed by atoms with van der Waals surface area (Å²) in [6.45, 7) is 10.7. The first-order valence-corrected chi connectivity index (χ1v) is 6.45. The number of aryl methyl sites for hydroxylation is 1. The molecule has 0 saturated heterocycles. The second-order valence-electron chi connectivity index (χ2n) is 6.26. The monoisotopic (exact) mass is 246 g/mol. The Morgan fingerprint density at radius 1 is 1.11 bits per heavy atom. The lowest BCUT2D eigenvalue weighted by Crippen LogP contribution is -2.23. The number of hydrogen-bond donors (Lipinski definition) is 0. The van der Waals surface area contributed by atoms with Crippen LogP contribution in [0.2, 0.25) is 0 Å². The van der Waals surface area contributed by atoms with Gasteiger partial charge in [-0.2, -0.15) is 0 Å². The van der Waals surface area contributed by atoms with Gasteiger partial charge in [0.25, 0.3) is 0 Å². The number of rotatable bonds is 1. The molecule has 1 heterocycles. The molecule has 0 bridgehead atoms. The topological polar surface area (TPSA) is 26.9 Å². The molecule has 3 nitrogen and oxygen atoms in total. The van der Waals surface area contributed by atoms with Gasteiger partial charge in [0, 0.05) is 13.1 Å². The summed E-state index contributed by atoms with van der Waals surface area (Å²) < 4.78 is 3.59. The molecule has 0 saturated carbocycles. The summed E-state index contributed by atoms with van der Waals surface area (Å²) in [4.78, 5) is 12.2. The van der Waals surface area contributed by atoms with Gasteiger partial charge < -0.3 is 0 Å². The van der Waals surface area contributed by atoms with Crippen LogP contribution in [0.15, 0.2) is 23.0 Å². The zero-order valence-electron chi connectivity index (χ0n) is 12.1. The van der Waals surface area contributed by atoms with Gasteiger partial charge in [-0.3, -0.25) is 9.13 Å². The molecule has 0 aliphatic rings. The second kappa shape index (κ2) is 4.01. The average Bonchev–Trinajstić information content (AvgIpc) is 2.50. The van der Waals surface area contributed by atoms with Crippen LogP contribution in [0.5, 0.6) is 0 Å². The molecule has 0 aliphatic carbocycles. The van der Waals surface area contributed by atoms with Gasteiger partial charge in [-0.15, -0.1) is 0 Å². The lowest BCUT2D eigenvalue weighted by molar-refractivity contribution is 0.577. The van der Waals surface area contributed by atoms with Gasteiger partial charge in [0.1, 0.15) is 0 Å². The summed E-state index contributed by atoms with van der Waals surface area (Å²) in [7, 11) is 1.83. The van der Waals surface area contributed by atoms with Gasteiger partial charge in [0.15, 0.2) is 0 Å². The highest BCUT2D eigenvalue weighted by Gasteiger charge is 2.18. The molecule has 98 valence electrons. The lowest BCUT2D eigenvalue weighted by atomic mass is 9.87. The summed E-state index contributed by atoms with van der Waals surface area (Å²) in [5.41, 5.74) is 3.45. The van der Waals surface area contributed by atoms with Crippen LogP contribution in [0, 0.1) is 0 Å². The van der Waals surface area contributed by atoms with E-state index in [1.807, 2.05) is 25.5 Å². The fourth-order valence-electron chi connectivity index (χ4n) is 2.33. The van der Waals surface area contributed by atoms with E-state index in [4.69, 9.17) is 0 Å². The Bertz CT molecular complexity index is 639. The fraction of sp³-hybridized carbons (Fsp3) is 0.533. The predicted octanol–water partition coefficient (Wildman–Crippen LogP) is 3.22. The van der Waals surface area contributed by atoms with Crippen LogP contribution in [-0.2, 0) is 12.5 Å². The van der Waals surface area contributed by atoms with Crippen LogP contribution in [-0.4, -0.2) is 9.13 Å².